The van der Waals surface area contributed by atoms with Gasteiger partial charge in [-0.2, -0.15) is 0 Å². The maximum absolute atomic E-state index is 7.38. The first-order valence-corrected chi connectivity index (χ1v) is 24.5. The van der Waals surface area contributed by atoms with Crippen LogP contribution in [-0.2, 0) is 51.5 Å². The van der Waals surface area contributed by atoms with Crippen molar-refractivity contribution in [2.24, 2.45) is 0 Å². The van der Waals surface area contributed by atoms with Crippen LogP contribution in [0.3, 0.4) is 0 Å². The molecule has 6 rings (SSSR count). The Labute approximate surface area is 298 Å². The molecule has 0 spiro atoms. The second kappa shape index (κ2) is 18.6. The van der Waals surface area contributed by atoms with E-state index in [9.17, 15) is 0 Å². The molecule has 1 aliphatic heterocycles. The third-order valence-corrected chi connectivity index (χ3v) is 20.0. The molecule has 4 aromatic carbocycles. The Bertz CT molecular complexity index is 1380. The van der Waals surface area contributed by atoms with Gasteiger partial charge in [0, 0.05) is 0 Å². The second-order valence-electron chi connectivity index (χ2n) is 13.3. The summed E-state index contributed by atoms with van der Waals surface area (Å²) in [4.78, 5) is 0. The Morgan fingerprint density at radius 1 is 0.429 bits per heavy atom. The van der Waals surface area contributed by atoms with Gasteiger partial charge in [0.25, 0.3) is 0 Å². The van der Waals surface area contributed by atoms with Gasteiger partial charge in [-0.25, -0.2) is 0 Å². The summed E-state index contributed by atoms with van der Waals surface area (Å²) in [7, 11) is 0. The fourth-order valence-electron chi connectivity index (χ4n) is 6.99. The van der Waals surface area contributed by atoms with Crippen LogP contribution in [0.5, 0.6) is 0 Å². The van der Waals surface area contributed by atoms with Crippen LogP contribution in [0.2, 0.25) is 8.87 Å². The Kier molecular flexibility index (Phi) is 13.8. The monoisotopic (exact) mass is 772 g/mol. The molecule has 0 bridgehead atoms. The summed E-state index contributed by atoms with van der Waals surface area (Å²) >= 11 is -3.57. The second-order valence-corrected chi connectivity index (χ2v) is 22.7. The topological polar surface area (TPSA) is 55.4 Å². The van der Waals surface area contributed by atoms with Crippen LogP contribution in [0.4, 0.5) is 0 Å². The Morgan fingerprint density at radius 2 is 0.714 bits per heavy atom. The summed E-state index contributed by atoms with van der Waals surface area (Å²) < 4.78 is 44.6. The molecule has 2 fully saturated rings. The number of unbranched alkanes of at least 4 members (excludes halogenated alkanes) is 2. The molecule has 4 aromatic rings. The molecule has 1 aliphatic carbocycles. The molecule has 0 radical (unpaired) electrons. The van der Waals surface area contributed by atoms with Crippen LogP contribution < -0.4 is 0 Å². The molecule has 2 aliphatic rings. The molecule has 0 N–H and O–H groups in total. The van der Waals surface area contributed by atoms with Crippen molar-refractivity contribution < 1.29 is 25.1 Å². The number of fused-ring (bicyclic) bond motifs is 1. The zero-order valence-corrected chi connectivity index (χ0v) is 31.9. The number of rotatable bonds is 18. The molecular weight excluding hydrogens is 719 g/mol. The normalized spacial score (nSPS) is 24.4. The standard InChI is InChI=1S/C34H34O6.2C4H9.Sn/c35-29-30(36)32(38-22-26-15-7-2-8-16-26)34(40-24-28-19-11-4-12-20-28)33(39-23-27-17-9-3-10-18-27)31(29)37-21-25-13-5-1-6-14-25;2*1-3-4-2;/h1-20,29-34H,21-24H2;2*1,3-4H2,2H3;/q-2;;;+2/t29-,30+,31-,32-,33+,34+;;;/m0.../s1. The predicted octanol–water partition coefficient (Wildman–Crippen LogP) is 9.17. The third kappa shape index (κ3) is 9.82. The molecule has 0 aromatic heterocycles. The molecule has 0 amide bonds. The van der Waals surface area contributed by atoms with E-state index < -0.39 is 43.6 Å². The van der Waals surface area contributed by atoms with Gasteiger partial charge in [-0.15, -0.1) is 0 Å². The molecule has 1 heterocycles. The average molecular weight is 772 g/mol. The van der Waals surface area contributed by atoms with Crippen LogP contribution >= 0.6 is 0 Å². The first-order chi connectivity index (χ1) is 24.2. The van der Waals surface area contributed by atoms with Crippen molar-refractivity contribution in [3.05, 3.63) is 144 Å². The Hall–Kier alpha value is -2.56. The van der Waals surface area contributed by atoms with Crippen LogP contribution in [0.15, 0.2) is 121 Å². The fraction of sp³-hybridized carbons (Fsp3) is 0.429. The Balaban J connectivity index is 1.39. The summed E-state index contributed by atoms with van der Waals surface area (Å²) in [6.45, 7) is 6.23. The average Bonchev–Trinajstić information content (AvgIpc) is 3.54. The van der Waals surface area contributed by atoms with E-state index in [-0.39, 0.29) is 12.2 Å². The number of benzene rings is 4. The summed E-state index contributed by atoms with van der Waals surface area (Å²) in [5.41, 5.74) is 4.41. The van der Waals surface area contributed by atoms with E-state index in [1.807, 2.05) is 48.5 Å². The molecule has 6 nitrogen and oxygen atoms in total. The van der Waals surface area contributed by atoms with Gasteiger partial charge in [-0.3, -0.25) is 0 Å². The minimum atomic E-state index is -3.57. The number of ether oxygens (including phenoxy) is 4. The van der Waals surface area contributed by atoms with Gasteiger partial charge in [0.05, 0.1) is 0 Å². The van der Waals surface area contributed by atoms with E-state index in [1.54, 1.807) is 0 Å². The third-order valence-electron chi connectivity index (χ3n) is 9.61. The van der Waals surface area contributed by atoms with Gasteiger partial charge in [0.1, 0.15) is 0 Å². The van der Waals surface area contributed by atoms with Crippen LogP contribution in [0.25, 0.3) is 0 Å². The van der Waals surface area contributed by atoms with Crippen LogP contribution in [0.1, 0.15) is 61.8 Å². The molecule has 7 heteroatoms. The molecule has 49 heavy (non-hydrogen) atoms. The molecule has 0 unspecified atom stereocenters. The predicted molar refractivity (Wildman–Crippen MR) is 195 cm³/mol. The van der Waals surface area contributed by atoms with Crippen LogP contribution in [-0.4, -0.2) is 55.8 Å². The van der Waals surface area contributed by atoms with Crippen molar-refractivity contribution in [3.63, 3.8) is 0 Å². The van der Waals surface area contributed by atoms with Crippen molar-refractivity contribution in [1.82, 2.24) is 0 Å². The van der Waals surface area contributed by atoms with Gasteiger partial charge in [-0.05, 0) is 0 Å². The van der Waals surface area contributed by atoms with E-state index in [1.165, 1.54) is 0 Å². The van der Waals surface area contributed by atoms with E-state index in [0.29, 0.717) is 26.4 Å². The summed E-state index contributed by atoms with van der Waals surface area (Å²) in [6.07, 6.45) is 2.06. The number of hydrogen-bond acceptors (Lipinski definition) is 6. The van der Waals surface area contributed by atoms with Crippen molar-refractivity contribution in [3.8, 4) is 0 Å². The van der Waals surface area contributed by atoms with E-state index in [0.717, 1.165) is 56.8 Å². The fourth-order valence-corrected chi connectivity index (χ4v) is 18.7. The number of hydrogen-bond donors (Lipinski definition) is 0. The SMILES string of the molecule is CCC[CH2][Sn]1([CH2]CCC)[O][C@@H]2[C@H](OCc3ccccc3)[C@@H](OCc3ccccc3)[C@H](OCc3ccccc3)[C@@H](OCc3ccccc3)[C@@H]2[O]1. The molecule has 260 valence electrons. The van der Waals surface area contributed by atoms with Gasteiger partial charge in [0.15, 0.2) is 0 Å². The van der Waals surface area contributed by atoms with E-state index in [4.69, 9.17) is 25.1 Å². The molecule has 1 saturated carbocycles. The zero-order valence-electron chi connectivity index (χ0n) is 29.0. The van der Waals surface area contributed by atoms with Gasteiger partial charge in [-0.1, -0.05) is 0 Å². The van der Waals surface area contributed by atoms with Crippen LogP contribution in [0, 0.1) is 0 Å². The van der Waals surface area contributed by atoms with Gasteiger partial charge in [0.2, 0.25) is 0 Å². The maximum atomic E-state index is 7.38. The van der Waals surface area contributed by atoms with Crippen molar-refractivity contribution >= 4 is 19.2 Å². The molecule has 1 saturated heterocycles. The summed E-state index contributed by atoms with van der Waals surface area (Å²) in [5, 5.41) is 0. The summed E-state index contributed by atoms with van der Waals surface area (Å²) in [5.74, 6) is 0. The zero-order chi connectivity index (χ0) is 33.7. The minimum absolute atomic E-state index is 0.314. The van der Waals surface area contributed by atoms with Gasteiger partial charge < -0.3 is 0 Å². The Morgan fingerprint density at radius 3 is 1.00 bits per heavy atom. The first kappa shape index (κ1) is 36.2. The quantitative estimate of drug-likeness (QED) is 0.0942. The molecule has 6 atom stereocenters. The van der Waals surface area contributed by atoms with Gasteiger partial charge >= 0.3 is 299 Å². The molecular formula is C42H52O6Sn. The summed E-state index contributed by atoms with van der Waals surface area (Å²) in [6, 6.07) is 41.3. The van der Waals surface area contributed by atoms with E-state index in [2.05, 4.69) is 86.6 Å². The van der Waals surface area contributed by atoms with Crippen molar-refractivity contribution in [2.45, 2.75) is 111 Å². The van der Waals surface area contributed by atoms with Crippen molar-refractivity contribution in [1.29, 1.82) is 0 Å². The van der Waals surface area contributed by atoms with Crippen molar-refractivity contribution in [2.75, 3.05) is 0 Å². The first-order valence-electron chi connectivity index (χ1n) is 18.2. The van der Waals surface area contributed by atoms with E-state index >= 15 is 0 Å².